The van der Waals surface area contributed by atoms with E-state index in [1.54, 1.807) is 19.9 Å². The highest BCUT2D eigenvalue weighted by Gasteiger charge is 2.32. The zero-order chi connectivity index (χ0) is 17.7. The van der Waals surface area contributed by atoms with Crippen LogP contribution in [0.5, 0.6) is 0 Å². The fourth-order valence-electron chi connectivity index (χ4n) is 2.36. The lowest BCUT2D eigenvalue weighted by atomic mass is 10.0. The number of furan rings is 1. The molecule has 0 spiro atoms. The molecule has 1 aliphatic heterocycles. The molecule has 2 heterocycles. The van der Waals surface area contributed by atoms with Gasteiger partial charge in [-0.2, -0.15) is 0 Å². The predicted molar refractivity (Wildman–Crippen MR) is 83.1 cm³/mol. The van der Waals surface area contributed by atoms with Crippen molar-refractivity contribution in [1.82, 2.24) is 10.6 Å². The fourth-order valence-corrected chi connectivity index (χ4v) is 2.36. The molecule has 1 atom stereocenters. The molecule has 0 saturated carbocycles. The molecule has 0 aromatic carbocycles. The van der Waals surface area contributed by atoms with Crippen LogP contribution in [0.3, 0.4) is 0 Å². The van der Waals surface area contributed by atoms with Gasteiger partial charge in [0.05, 0.1) is 30.2 Å². The third-order valence-corrected chi connectivity index (χ3v) is 3.54. The molecule has 2 rings (SSSR count). The van der Waals surface area contributed by atoms with Crippen molar-refractivity contribution in [3.05, 3.63) is 34.9 Å². The number of nitrogens with one attached hydrogen (secondary N) is 2. The van der Waals surface area contributed by atoms with Gasteiger partial charge < -0.3 is 24.5 Å². The van der Waals surface area contributed by atoms with Crippen LogP contribution in [-0.4, -0.2) is 37.2 Å². The van der Waals surface area contributed by atoms with Crippen molar-refractivity contribution in [3.63, 3.8) is 0 Å². The molecule has 0 fully saturated rings. The molecule has 0 saturated heterocycles. The Balaban J connectivity index is 2.21. The van der Waals surface area contributed by atoms with Crippen LogP contribution in [0.1, 0.15) is 36.4 Å². The molecule has 1 aromatic rings. The number of urea groups is 1. The van der Waals surface area contributed by atoms with E-state index in [9.17, 15) is 14.4 Å². The first-order valence-electron chi connectivity index (χ1n) is 7.66. The minimum Gasteiger partial charge on any atom is -0.463 e. The van der Waals surface area contributed by atoms with Gasteiger partial charge in [0.15, 0.2) is 0 Å². The van der Waals surface area contributed by atoms with Crippen molar-refractivity contribution < 1.29 is 28.3 Å². The third-order valence-electron chi connectivity index (χ3n) is 3.54. The summed E-state index contributed by atoms with van der Waals surface area (Å²) in [5.41, 5.74) is 1.10. The average molecular weight is 336 g/mol. The van der Waals surface area contributed by atoms with Crippen molar-refractivity contribution >= 4 is 18.0 Å². The highest BCUT2D eigenvalue weighted by Crippen LogP contribution is 2.18. The molecule has 0 unspecified atom stereocenters. The SMILES string of the molecule is CCOC(=O)C1=C(COC(=O)c2occc2C)NC(=O)N[C@@H]1CC. The maximum Gasteiger partial charge on any atom is 0.374 e. The summed E-state index contributed by atoms with van der Waals surface area (Å²) in [5, 5.41) is 5.15. The van der Waals surface area contributed by atoms with Crippen LogP contribution >= 0.6 is 0 Å². The van der Waals surface area contributed by atoms with E-state index in [0.717, 1.165) is 0 Å². The second-order valence-electron chi connectivity index (χ2n) is 5.18. The van der Waals surface area contributed by atoms with E-state index in [0.29, 0.717) is 12.0 Å². The number of hydrogen-bond acceptors (Lipinski definition) is 6. The Morgan fingerprint density at radius 3 is 2.58 bits per heavy atom. The lowest BCUT2D eigenvalue weighted by molar-refractivity contribution is -0.139. The summed E-state index contributed by atoms with van der Waals surface area (Å²) in [4.78, 5) is 35.9. The molecule has 8 heteroatoms. The Labute approximate surface area is 139 Å². The number of carbonyl (C=O) groups is 3. The number of ether oxygens (including phenoxy) is 2. The molecule has 2 N–H and O–H groups in total. The lowest BCUT2D eigenvalue weighted by Gasteiger charge is -2.28. The van der Waals surface area contributed by atoms with Gasteiger partial charge in [0, 0.05) is 5.56 Å². The molecule has 1 aliphatic rings. The Morgan fingerprint density at radius 2 is 2.00 bits per heavy atom. The van der Waals surface area contributed by atoms with E-state index < -0.39 is 24.0 Å². The fraction of sp³-hybridized carbons (Fsp3) is 0.438. The standard InChI is InChI=1S/C16H20N2O6/c1-4-10-12(14(19)22-5-2)11(18-16(21)17-10)8-24-15(20)13-9(3)6-7-23-13/h6-7,10H,4-5,8H2,1-3H3,(H2,17,18,21)/t10-/m1/s1. The van der Waals surface area contributed by atoms with Crippen LogP contribution in [0, 0.1) is 6.92 Å². The molecule has 0 aliphatic carbocycles. The van der Waals surface area contributed by atoms with Crippen molar-refractivity contribution in [1.29, 1.82) is 0 Å². The number of esters is 2. The van der Waals surface area contributed by atoms with Gasteiger partial charge in [-0.3, -0.25) is 0 Å². The highest BCUT2D eigenvalue weighted by atomic mass is 16.5. The monoisotopic (exact) mass is 336 g/mol. The van der Waals surface area contributed by atoms with Gasteiger partial charge in [-0.1, -0.05) is 6.92 Å². The van der Waals surface area contributed by atoms with Crippen LogP contribution < -0.4 is 10.6 Å². The summed E-state index contributed by atoms with van der Waals surface area (Å²) >= 11 is 0. The third kappa shape index (κ3) is 3.76. The van der Waals surface area contributed by atoms with Gasteiger partial charge >= 0.3 is 18.0 Å². The van der Waals surface area contributed by atoms with Crippen molar-refractivity contribution in [2.45, 2.75) is 33.2 Å². The topological polar surface area (TPSA) is 107 Å². The number of aryl methyl sites for hydroxylation is 1. The van der Waals surface area contributed by atoms with Crippen LogP contribution in [0.4, 0.5) is 4.79 Å². The minimum atomic E-state index is -0.672. The zero-order valence-corrected chi connectivity index (χ0v) is 13.8. The largest absolute Gasteiger partial charge is 0.463 e. The summed E-state index contributed by atoms with van der Waals surface area (Å²) in [7, 11) is 0. The molecule has 24 heavy (non-hydrogen) atoms. The van der Waals surface area contributed by atoms with Gasteiger partial charge in [-0.05, 0) is 26.3 Å². The normalized spacial score (nSPS) is 17.1. The van der Waals surface area contributed by atoms with Crippen LogP contribution in [0.2, 0.25) is 0 Å². The quantitative estimate of drug-likeness (QED) is 0.765. The number of hydrogen-bond donors (Lipinski definition) is 2. The van der Waals surface area contributed by atoms with Gasteiger partial charge in [0.25, 0.3) is 0 Å². The smallest absolute Gasteiger partial charge is 0.374 e. The maximum absolute atomic E-state index is 12.2. The summed E-state index contributed by atoms with van der Waals surface area (Å²) in [6.45, 7) is 5.16. The molecule has 130 valence electrons. The Bertz CT molecular complexity index is 676. The van der Waals surface area contributed by atoms with E-state index >= 15 is 0 Å². The van der Waals surface area contributed by atoms with Gasteiger partial charge in [-0.25, -0.2) is 14.4 Å². The second-order valence-corrected chi connectivity index (χ2v) is 5.18. The maximum atomic E-state index is 12.2. The minimum absolute atomic E-state index is 0.0839. The Morgan fingerprint density at radius 1 is 1.25 bits per heavy atom. The first kappa shape index (κ1) is 17.6. The van der Waals surface area contributed by atoms with E-state index in [1.807, 2.05) is 6.92 Å². The van der Waals surface area contributed by atoms with Crippen LogP contribution in [-0.2, 0) is 14.3 Å². The molecule has 0 radical (unpaired) electrons. The van der Waals surface area contributed by atoms with Crippen molar-refractivity contribution in [2.75, 3.05) is 13.2 Å². The molecular weight excluding hydrogens is 316 g/mol. The molecular formula is C16H20N2O6. The van der Waals surface area contributed by atoms with Crippen molar-refractivity contribution in [3.8, 4) is 0 Å². The van der Waals surface area contributed by atoms with E-state index in [4.69, 9.17) is 13.9 Å². The number of carbonyl (C=O) groups excluding carboxylic acids is 3. The highest BCUT2D eigenvalue weighted by molar-refractivity contribution is 5.95. The Kier molecular flexibility index (Phi) is 5.62. The molecule has 8 nitrogen and oxygen atoms in total. The zero-order valence-electron chi connectivity index (χ0n) is 13.8. The number of amides is 2. The van der Waals surface area contributed by atoms with E-state index in [2.05, 4.69) is 10.6 Å². The Hall–Kier alpha value is -2.77. The van der Waals surface area contributed by atoms with Gasteiger partial charge in [-0.15, -0.1) is 0 Å². The average Bonchev–Trinajstić information content (AvgIpc) is 2.98. The van der Waals surface area contributed by atoms with Gasteiger partial charge in [0.2, 0.25) is 5.76 Å². The first-order chi connectivity index (χ1) is 11.5. The lowest BCUT2D eigenvalue weighted by Crippen LogP contribution is -2.51. The molecule has 1 aromatic heterocycles. The van der Waals surface area contributed by atoms with E-state index in [-0.39, 0.29) is 30.2 Å². The summed E-state index contributed by atoms with van der Waals surface area (Å²) in [6, 6.07) is 0.672. The summed E-state index contributed by atoms with van der Waals surface area (Å²) in [6.07, 6.45) is 1.88. The van der Waals surface area contributed by atoms with Crippen molar-refractivity contribution in [2.24, 2.45) is 0 Å². The molecule has 0 bridgehead atoms. The van der Waals surface area contributed by atoms with Crippen LogP contribution in [0.15, 0.2) is 28.0 Å². The molecule has 2 amide bonds. The summed E-state index contributed by atoms with van der Waals surface area (Å²) in [5.74, 6) is -1.15. The first-order valence-corrected chi connectivity index (χ1v) is 7.66. The number of rotatable bonds is 6. The van der Waals surface area contributed by atoms with Gasteiger partial charge in [0.1, 0.15) is 6.61 Å². The summed E-state index contributed by atoms with van der Waals surface area (Å²) < 4.78 is 15.3. The predicted octanol–water partition coefficient (Wildman–Crippen LogP) is 1.65. The second kappa shape index (κ2) is 7.67. The van der Waals surface area contributed by atoms with E-state index in [1.165, 1.54) is 6.26 Å². The van der Waals surface area contributed by atoms with Crippen LogP contribution in [0.25, 0.3) is 0 Å².